The molecule has 3 aliphatic carbocycles. The van der Waals surface area contributed by atoms with E-state index in [1.54, 1.807) is 11.1 Å². The fourth-order valence-corrected chi connectivity index (χ4v) is 4.15. The van der Waals surface area contributed by atoms with Gasteiger partial charge in [0.15, 0.2) is 0 Å². The number of hydrogen-bond donors (Lipinski definition) is 0. The number of benzene rings is 1. The quantitative estimate of drug-likeness (QED) is 0.542. The summed E-state index contributed by atoms with van der Waals surface area (Å²) in [6.07, 6.45) is 8.34. The Morgan fingerprint density at radius 1 is 1.00 bits per heavy atom. The molecule has 0 heterocycles. The normalized spacial score (nSPS) is 29.5. The van der Waals surface area contributed by atoms with Crippen LogP contribution in [0.3, 0.4) is 0 Å². The van der Waals surface area contributed by atoms with E-state index in [2.05, 4.69) is 56.3 Å². The van der Waals surface area contributed by atoms with Crippen LogP contribution in [-0.4, -0.2) is 0 Å². The molecule has 0 saturated heterocycles. The van der Waals surface area contributed by atoms with Gasteiger partial charge in [0.25, 0.3) is 0 Å². The first-order valence-electron chi connectivity index (χ1n) is 8.17. The fraction of sp³-hybridized carbons (Fsp3) is 0.500. The van der Waals surface area contributed by atoms with Crippen molar-refractivity contribution in [1.29, 1.82) is 0 Å². The molecule has 0 radical (unpaired) electrons. The predicted octanol–water partition coefficient (Wildman–Crippen LogP) is 5.99. The Labute approximate surface area is 124 Å². The summed E-state index contributed by atoms with van der Waals surface area (Å²) < 4.78 is 0. The van der Waals surface area contributed by atoms with E-state index >= 15 is 0 Å². The largest absolute Gasteiger partial charge is 0.0805 e. The van der Waals surface area contributed by atoms with Crippen LogP contribution in [0, 0.1) is 11.3 Å². The molecular formula is C20H28. The fourth-order valence-electron chi connectivity index (χ4n) is 4.15. The average molecular weight is 268 g/mol. The molecule has 1 fully saturated rings. The summed E-state index contributed by atoms with van der Waals surface area (Å²) in [6.45, 7) is 12.8. The topological polar surface area (TPSA) is 0 Å². The zero-order valence-corrected chi connectivity index (χ0v) is 13.8. The molecule has 2 atom stereocenters. The molecule has 0 aliphatic heterocycles. The SMILES string of the molecule is CC.CC.CC1(C)c2ccccc2C2=CC=CC3CC231. The van der Waals surface area contributed by atoms with Gasteiger partial charge in [-0.3, -0.25) is 0 Å². The molecule has 0 bridgehead atoms. The van der Waals surface area contributed by atoms with Gasteiger partial charge < -0.3 is 0 Å². The first-order chi connectivity index (χ1) is 9.68. The van der Waals surface area contributed by atoms with Crippen molar-refractivity contribution < 1.29 is 0 Å². The van der Waals surface area contributed by atoms with Crippen LogP contribution in [0.4, 0.5) is 0 Å². The minimum absolute atomic E-state index is 0.310. The zero-order valence-electron chi connectivity index (χ0n) is 13.8. The van der Waals surface area contributed by atoms with Crippen LogP contribution >= 0.6 is 0 Å². The first kappa shape index (κ1) is 15.1. The summed E-state index contributed by atoms with van der Waals surface area (Å²) in [5, 5.41) is 0. The molecule has 0 N–H and O–H groups in total. The van der Waals surface area contributed by atoms with Crippen molar-refractivity contribution in [3.8, 4) is 0 Å². The molecule has 108 valence electrons. The van der Waals surface area contributed by atoms with Crippen molar-refractivity contribution in [3.63, 3.8) is 0 Å². The van der Waals surface area contributed by atoms with Gasteiger partial charge in [-0.15, -0.1) is 0 Å². The standard InChI is InChI=1S/C16H16.2C2H6/c1-15(2)13-8-4-3-7-12(13)14-9-5-6-11-10-16(11,14)15;2*1-2/h3-9,11H,10H2,1-2H3;2*1-2H3. The van der Waals surface area contributed by atoms with Gasteiger partial charge in [-0.2, -0.15) is 0 Å². The maximum absolute atomic E-state index is 2.42. The molecule has 0 aromatic heterocycles. The van der Waals surface area contributed by atoms with Gasteiger partial charge in [-0.25, -0.2) is 0 Å². The van der Waals surface area contributed by atoms with E-state index in [0.29, 0.717) is 10.8 Å². The van der Waals surface area contributed by atoms with Crippen LogP contribution in [0.5, 0.6) is 0 Å². The van der Waals surface area contributed by atoms with Gasteiger partial charge in [-0.1, -0.05) is 84.0 Å². The number of allylic oxidation sites excluding steroid dienone is 4. The lowest BCUT2D eigenvalue weighted by Gasteiger charge is -2.31. The van der Waals surface area contributed by atoms with Crippen molar-refractivity contribution >= 4 is 5.57 Å². The van der Waals surface area contributed by atoms with Crippen LogP contribution in [0.25, 0.3) is 5.57 Å². The highest BCUT2D eigenvalue weighted by Crippen LogP contribution is 2.75. The zero-order chi connectivity index (χ0) is 15.0. The van der Waals surface area contributed by atoms with Crippen LogP contribution in [0.1, 0.15) is 59.1 Å². The molecule has 0 amide bonds. The summed E-state index contributed by atoms with van der Waals surface area (Å²) in [4.78, 5) is 0. The highest BCUT2D eigenvalue weighted by atomic mass is 14.7. The monoisotopic (exact) mass is 268 g/mol. The number of hydrogen-bond acceptors (Lipinski definition) is 0. The highest BCUT2D eigenvalue weighted by Gasteiger charge is 2.68. The Morgan fingerprint density at radius 3 is 2.35 bits per heavy atom. The van der Waals surface area contributed by atoms with Gasteiger partial charge in [-0.05, 0) is 29.0 Å². The van der Waals surface area contributed by atoms with E-state index in [9.17, 15) is 0 Å². The summed E-state index contributed by atoms with van der Waals surface area (Å²) in [7, 11) is 0. The molecule has 3 aliphatic rings. The molecule has 0 heteroatoms. The van der Waals surface area contributed by atoms with E-state index in [-0.39, 0.29) is 0 Å². The van der Waals surface area contributed by atoms with Crippen LogP contribution in [0.15, 0.2) is 42.5 Å². The van der Waals surface area contributed by atoms with E-state index in [0.717, 1.165) is 5.92 Å². The third-order valence-electron chi connectivity index (χ3n) is 5.11. The highest BCUT2D eigenvalue weighted by molar-refractivity contribution is 5.85. The minimum atomic E-state index is 0.310. The molecule has 1 aromatic carbocycles. The van der Waals surface area contributed by atoms with Crippen molar-refractivity contribution in [2.24, 2.45) is 11.3 Å². The van der Waals surface area contributed by atoms with Crippen molar-refractivity contribution in [2.75, 3.05) is 0 Å². The summed E-state index contributed by atoms with van der Waals surface area (Å²) in [5.74, 6) is 0.787. The lowest BCUT2D eigenvalue weighted by atomic mass is 9.72. The van der Waals surface area contributed by atoms with E-state index in [4.69, 9.17) is 0 Å². The van der Waals surface area contributed by atoms with E-state index in [1.165, 1.54) is 12.0 Å². The van der Waals surface area contributed by atoms with Crippen molar-refractivity contribution in [1.82, 2.24) is 0 Å². The smallest absolute Gasteiger partial charge is 0.0120 e. The Kier molecular flexibility index (Phi) is 3.95. The van der Waals surface area contributed by atoms with Gasteiger partial charge >= 0.3 is 0 Å². The lowest BCUT2D eigenvalue weighted by molar-refractivity contribution is 0.376. The maximum Gasteiger partial charge on any atom is 0.0120 e. The number of fused-ring (bicyclic) bond motifs is 2. The Bertz CT molecular complexity index is 545. The summed E-state index contributed by atoms with van der Waals surface area (Å²) in [5.41, 5.74) is 5.39. The Balaban J connectivity index is 0.000000340. The van der Waals surface area contributed by atoms with Crippen molar-refractivity contribution in [3.05, 3.63) is 53.6 Å². The molecule has 1 aromatic rings. The van der Waals surface area contributed by atoms with E-state index < -0.39 is 0 Å². The van der Waals surface area contributed by atoms with Crippen LogP contribution in [0.2, 0.25) is 0 Å². The Morgan fingerprint density at radius 2 is 1.65 bits per heavy atom. The van der Waals surface area contributed by atoms with Gasteiger partial charge in [0.2, 0.25) is 0 Å². The Hall–Kier alpha value is -1.30. The van der Waals surface area contributed by atoms with Gasteiger partial charge in [0, 0.05) is 10.8 Å². The molecule has 4 rings (SSSR count). The molecular weight excluding hydrogens is 240 g/mol. The average Bonchev–Trinajstić information content (AvgIpc) is 3.24. The summed E-state index contributed by atoms with van der Waals surface area (Å²) in [6, 6.07) is 8.97. The summed E-state index contributed by atoms with van der Waals surface area (Å²) >= 11 is 0. The second-order valence-electron chi connectivity index (χ2n) is 5.92. The lowest BCUT2D eigenvalue weighted by Crippen LogP contribution is -2.27. The van der Waals surface area contributed by atoms with Gasteiger partial charge in [0.05, 0.1) is 0 Å². The third-order valence-corrected chi connectivity index (χ3v) is 5.11. The van der Waals surface area contributed by atoms with Crippen LogP contribution < -0.4 is 0 Å². The number of rotatable bonds is 0. The van der Waals surface area contributed by atoms with Crippen molar-refractivity contribution in [2.45, 2.75) is 53.4 Å². The first-order valence-corrected chi connectivity index (χ1v) is 8.17. The molecule has 2 unspecified atom stereocenters. The second-order valence-corrected chi connectivity index (χ2v) is 5.92. The molecule has 0 nitrogen and oxygen atoms in total. The van der Waals surface area contributed by atoms with Crippen LogP contribution in [-0.2, 0) is 5.41 Å². The predicted molar refractivity (Wildman–Crippen MR) is 89.8 cm³/mol. The van der Waals surface area contributed by atoms with Gasteiger partial charge in [0.1, 0.15) is 0 Å². The van der Waals surface area contributed by atoms with E-state index in [1.807, 2.05) is 27.7 Å². The minimum Gasteiger partial charge on any atom is -0.0805 e. The second kappa shape index (κ2) is 5.24. The molecule has 20 heavy (non-hydrogen) atoms. The maximum atomic E-state index is 2.42. The third kappa shape index (κ3) is 1.67. The molecule has 1 spiro atoms. The molecule has 1 saturated carbocycles.